The number of benzene rings is 2. The van der Waals surface area contributed by atoms with E-state index in [0.29, 0.717) is 16.2 Å². The average Bonchev–Trinajstić information content (AvgIpc) is 3.18. The second kappa shape index (κ2) is 6.48. The number of rotatable bonds is 4. The van der Waals surface area contributed by atoms with E-state index in [9.17, 15) is 13.5 Å². The van der Waals surface area contributed by atoms with Gasteiger partial charge >= 0.3 is 15.0 Å². The number of sulfonamides is 1. The van der Waals surface area contributed by atoms with Crippen LogP contribution >= 0.6 is 22.9 Å². The van der Waals surface area contributed by atoms with Crippen molar-refractivity contribution in [2.75, 3.05) is 4.72 Å². The predicted molar refractivity (Wildman–Crippen MR) is 97.7 cm³/mol. The lowest BCUT2D eigenvalue weighted by atomic mass is 10.2. The zero-order valence-corrected chi connectivity index (χ0v) is 16.1. The Bertz CT molecular complexity index is 1250. The topological polar surface area (TPSA) is 112 Å². The summed E-state index contributed by atoms with van der Waals surface area (Å²) in [6.07, 6.45) is 0. The molecule has 0 atom stereocenters. The Morgan fingerprint density at radius 2 is 1.96 bits per heavy atom. The Morgan fingerprint density at radius 1 is 1.22 bits per heavy atom. The van der Waals surface area contributed by atoms with E-state index in [1.54, 1.807) is 18.2 Å². The molecule has 11 heteroatoms. The van der Waals surface area contributed by atoms with Gasteiger partial charge in [-0.3, -0.25) is 0 Å². The van der Waals surface area contributed by atoms with Gasteiger partial charge in [-0.05, 0) is 41.4 Å². The average molecular weight is 423 g/mol. The summed E-state index contributed by atoms with van der Waals surface area (Å²) in [5, 5.41) is 15.5. The third kappa shape index (κ3) is 3.34. The molecule has 4 rings (SSSR count). The number of hydrogen-bond donors (Lipinski definition) is 1. The SMILES string of the molecule is Cc1ccc2nc(NS(=O)(=O)c3c([O-])on[n+]3-c3ccc(Cl)cc3)sc2c1. The summed E-state index contributed by atoms with van der Waals surface area (Å²) in [6, 6.07) is 11.7. The van der Waals surface area contributed by atoms with Gasteiger partial charge in [0.15, 0.2) is 11.1 Å². The molecule has 1 N–H and O–H groups in total. The summed E-state index contributed by atoms with van der Waals surface area (Å²) >= 11 is 7.00. The van der Waals surface area contributed by atoms with Crippen molar-refractivity contribution in [1.82, 2.24) is 10.3 Å². The molecule has 8 nitrogen and oxygen atoms in total. The van der Waals surface area contributed by atoms with Crippen molar-refractivity contribution in [3.05, 3.63) is 53.1 Å². The number of aryl methyl sites for hydroxylation is 1. The fourth-order valence-corrected chi connectivity index (χ4v) is 4.88. The van der Waals surface area contributed by atoms with Gasteiger partial charge in [0.1, 0.15) is 0 Å². The van der Waals surface area contributed by atoms with Crippen LogP contribution in [0, 0.1) is 6.92 Å². The second-order valence-corrected chi connectivity index (χ2v) is 8.71. The molecule has 2 heterocycles. The highest BCUT2D eigenvalue weighted by molar-refractivity contribution is 7.92. The van der Waals surface area contributed by atoms with E-state index in [-0.39, 0.29) is 5.13 Å². The Labute approximate surface area is 162 Å². The lowest BCUT2D eigenvalue weighted by molar-refractivity contribution is -0.706. The lowest BCUT2D eigenvalue weighted by Crippen LogP contribution is -2.40. The Kier molecular flexibility index (Phi) is 4.25. The number of nitrogens with one attached hydrogen (secondary N) is 1. The van der Waals surface area contributed by atoms with E-state index in [1.165, 1.54) is 12.1 Å². The number of aromatic nitrogens is 3. The minimum absolute atomic E-state index is 0.138. The number of halogens is 1. The quantitative estimate of drug-likeness (QED) is 0.505. The minimum atomic E-state index is -4.29. The molecular weight excluding hydrogens is 412 g/mol. The molecule has 0 bridgehead atoms. The van der Waals surface area contributed by atoms with Crippen molar-refractivity contribution in [3.8, 4) is 11.6 Å². The Morgan fingerprint density at radius 3 is 2.70 bits per heavy atom. The summed E-state index contributed by atoms with van der Waals surface area (Å²) in [6.45, 7) is 1.93. The molecule has 0 amide bonds. The highest BCUT2D eigenvalue weighted by atomic mass is 35.5. The van der Waals surface area contributed by atoms with Crippen LogP contribution in [0.1, 0.15) is 5.56 Å². The van der Waals surface area contributed by atoms with E-state index >= 15 is 0 Å². The highest BCUT2D eigenvalue weighted by Gasteiger charge is 2.34. The van der Waals surface area contributed by atoms with Crippen LogP contribution in [0.2, 0.25) is 5.02 Å². The highest BCUT2D eigenvalue weighted by Crippen LogP contribution is 2.29. The van der Waals surface area contributed by atoms with Gasteiger partial charge in [0, 0.05) is 17.2 Å². The first-order valence-electron chi connectivity index (χ1n) is 7.58. The first kappa shape index (κ1) is 17.7. The van der Waals surface area contributed by atoms with E-state index in [2.05, 4.69) is 19.5 Å². The maximum absolute atomic E-state index is 12.8. The summed E-state index contributed by atoms with van der Waals surface area (Å²) in [4.78, 5) is 4.24. The molecule has 138 valence electrons. The standard InChI is InChI=1S/C16H11ClN4O4S2/c1-9-2-7-12-13(8-9)26-16(18-12)19-27(23,24)14-15(22)25-20-21(14)11-5-3-10(17)4-6-11/h2-8H,1H3,(H-,18,19,20,22). The van der Waals surface area contributed by atoms with Crippen molar-refractivity contribution in [2.45, 2.75) is 11.9 Å². The first-order chi connectivity index (χ1) is 12.8. The lowest BCUT2D eigenvalue weighted by Gasteiger charge is -2.02. The van der Waals surface area contributed by atoms with Gasteiger partial charge in [0.2, 0.25) is 5.69 Å². The molecule has 0 fully saturated rings. The Balaban J connectivity index is 1.75. The third-order valence-electron chi connectivity index (χ3n) is 3.66. The van der Waals surface area contributed by atoms with E-state index in [4.69, 9.17) is 11.6 Å². The van der Waals surface area contributed by atoms with Crippen LogP contribution < -0.4 is 14.5 Å². The molecule has 0 saturated heterocycles. The first-order valence-corrected chi connectivity index (χ1v) is 10.3. The van der Waals surface area contributed by atoms with Gasteiger partial charge in [0.05, 0.1) is 15.5 Å². The van der Waals surface area contributed by atoms with Gasteiger partial charge in [-0.1, -0.05) is 29.0 Å². The van der Waals surface area contributed by atoms with Crippen molar-refractivity contribution in [1.29, 1.82) is 0 Å². The second-order valence-electron chi connectivity index (χ2n) is 5.65. The van der Waals surface area contributed by atoms with Crippen LogP contribution in [0.3, 0.4) is 0 Å². The zero-order valence-electron chi connectivity index (χ0n) is 13.7. The molecule has 2 aromatic heterocycles. The number of anilines is 1. The van der Waals surface area contributed by atoms with E-state index in [1.807, 2.05) is 19.1 Å². The van der Waals surface area contributed by atoms with Crippen molar-refractivity contribution in [3.63, 3.8) is 0 Å². The summed E-state index contributed by atoms with van der Waals surface area (Å²) in [5.41, 5.74) is 1.99. The van der Waals surface area contributed by atoms with Crippen LogP contribution in [0.25, 0.3) is 15.9 Å². The van der Waals surface area contributed by atoms with Crippen molar-refractivity contribution in [2.24, 2.45) is 0 Å². The summed E-state index contributed by atoms with van der Waals surface area (Å²) in [5.74, 6) is -1.09. The predicted octanol–water partition coefficient (Wildman–Crippen LogP) is 2.40. The van der Waals surface area contributed by atoms with Crippen LogP contribution in [0.15, 0.2) is 52.0 Å². The summed E-state index contributed by atoms with van der Waals surface area (Å²) < 4.78 is 34.2. The van der Waals surface area contributed by atoms with Crippen molar-refractivity contribution < 1.29 is 22.7 Å². The number of hydrogen-bond acceptors (Lipinski definition) is 7. The number of fused-ring (bicyclic) bond motifs is 1. The number of nitrogens with zero attached hydrogens (tertiary/aromatic N) is 3. The zero-order chi connectivity index (χ0) is 19.2. The molecule has 0 aliphatic rings. The molecular formula is C16H11ClN4O4S2. The molecule has 0 aliphatic heterocycles. The van der Waals surface area contributed by atoms with Crippen LogP contribution in [-0.4, -0.2) is 18.7 Å². The molecule has 4 aromatic rings. The van der Waals surface area contributed by atoms with Crippen LogP contribution in [0.5, 0.6) is 5.95 Å². The molecule has 0 saturated carbocycles. The monoisotopic (exact) mass is 422 g/mol. The molecule has 0 unspecified atom stereocenters. The maximum Gasteiger partial charge on any atom is 0.373 e. The van der Waals surface area contributed by atoms with E-state index < -0.39 is 21.0 Å². The molecule has 0 radical (unpaired) electrons. The fourth-order valence-electron chi connectivity index (χ4n) is 2.45. The van der Waals surface area contributed by atoms with Gasteiger partial charge in [-0.15, -0.1) is 0 Å². The normalized spacial score (nSPS) is 11.8. The molecule has 0 spiro atoms. The van der Waals surface area contributed by atoms with Crippen LogP contribution in [0.4, 0.5) is 5.13 Å². The van der Waals surface area contributed by atoms with Gasteiger partial charge in [0.25, 0.3) is 0 Å². The number of thiazole rings is 1. The molecule has 0 aliphatic carbocycles. The van der Waals surface area contributed by atoms with Gasteiger partial charge in [-0.2, -0.15) is 8.42 Å². The summed E-state index contributed by atoms with van der Waals surface area (Å²) in [7, 11) is -4.29. The smallest absolute Gasteiger partial charge is 0.373 e. The fraction of sp³-hybridized carbons (Fsp3) is 0.0625. The largest absolute Gasteiger partial charge is 0.538 e. The van der Waals surface area contributed by atoms with Gasteiger partial charge in [-0.25, -0.2) is 9.71 Å². The minimum Gasteiger partial charge on any atom is -0.538 e. The maximum atomic E-state index is 12.8. The van der Waals surface area contributed by atoms with E-state index in [0.717, 1.165) is 26.3 Å². The third-order valence-corrected chi connectivity index (χ3v) is 6.29. The van der Waals surface area contributed by atoms with Crippen molar-refractivity contribution >= 4 is 48.3 Å². The molecule has 27 heavy (non-hydrogen) atoms. The Hall–Kier alpha value is -2.69. The van der Waals surface area contributed by atoms with Crippen LogP contribution in [-0.2, 0) is 10.0 Å². The molecule has 2 aromatic carbocycles. The van der Waals surface area contributed by atoms with Gasteiger partial charge < -0.3 is 9.63 Å².